The summed E-state index contributed by atoms with van der Waals surface area (Å²) in [5.41, 5.74) is 0. The Morgan fingerprint density at radius 1 is 1.44 bits per heavy atom. The molecule has 0 saturated carbocycles. The van der Waals surface area contributed by atoms with Crippen LogP contribution >= 0.6 is 11.8 Å². The number of thioether (sulfide) groups is 1. The second-order valence-electron chi connectivity index (χ2n) is 3.59. The van der Waals surface area contributed by atoms with Crippen molar-refractivity contribution in [2.24, 2.45) is 0 Å². The van der Waals surface area contributed by atoms with E-state index in [1.807, 2.05) is 6.92 Å². The van der Waals surface area contributed by atoms with E-state index in [4.69, 9.17) is 5.11 Å². The fourth-order valence-corrected chi connectivity index (χ4v) is 2.02. The number of hydrogen-bond donors (Lipinski definition) is 2. The van der Waals surface area contributed by atoms with Crippen molar-refractivity contribution in [1.29, 1.82) is 0 Å². The van der Waals surface area contributed by atoms with Gasteiger partial charge in [-0.2, -0.15) is 0 Å². The number of carboxylic acid groups (broad SMARTS) is 1. The van der Waals surface area contributed by atoms with Crippen LogP contribution in [-0.2, 0) is 22.6 Å². The van der Waals surface area contributed by atoms with Gasteiger partial charge in [-0.3, -0.25) is 14.2 Å². The van der Waals surface area contributed by atoms with Crippen LogP contribution in [0.2, 0.25) is 0 Å². The van der Waals surface area contributed by atoms with Crippen molar-refractivity contribution in [3.05, 3.63) is 5.82 Å². The van der Waals surface area contributed by atoms with Crippen LogP contribution in [0.15, 0.2) is 5.16 Å². The van der Waals surface area contributed by atoms with Crippen LogP contribution in [0.4, 0.5) is 0 Å². The third kappa shape index (κ3) is 4.02. The van der Waals surface area contributed by atoms with E-state index < -0.39 is 5.97 Å². The van der Waals surface area contributed by atoms with Crippen LogP contribution < -0.4 is 5.32 Å². The second kappa shape index (κ2) is 7.00. The molecule has 1 heterocycles. The Morgan fingerprint density at radius 3 is 2.72 bits per heavy atom. The summed E-state index contributed by atoms with van der Waals surface area (Å²) >= 11 is 1.06. The van der Waals surface area contributed by atoms with Crippen molar-refractivity contribution in [2.45, 2.75) is 31.5 Å². The number of amides is 1. The number of carbonyl (C=O) groups is 2. The minimum atomic E-state index is -0.925. The summed E-state index contributed by atoms with van der Waals surface area (Å²) in [6.45, 7) is 2.11. The van der Waals surface area contributed by atoms with Crippen LogP contribution in [0.1, 0.15) is 19.2 Å². The summed E-state index contributed by atoms with van der Waals surface area (Å²) in [4.78, 5) is 22.0. The molecule has 7 nitrogen and oxygen atoms in total. The van der Waals surface area contributed by atoms with Crippen LogP contribution in [0.5, 0.6) is 0 Å². The molecule has 0 spiro atoms. The Labute approximate surface area is 109 Å². The lowest BCUT2D eigenvalue weighted by molar-refractivity contribution is -0.133. The van der Waals surface area contributed by atoms with Gasteiger partial charge in [-0.25, -0.2) is 0 Å². The number of aliphatic carboxylic acids is 1. The quantitative estimate of drug-likeness (QED) is 0.686. The van der Waals surface area contributed by atoms with E-state index >= 15 is 0 Å². The van der Waals surface area contributed by atoms with Gasteiger partial charge in [-0.15, -0.1) is 10.2 Å². The summed E-state index contributed by atoms with van der Waals surface area (Å²) in [5, 5.41) is 19.5. The van der Waals surface area contributed by atoms with Gasteiger partial charge in [0.15, 0.2) is 5.16 Å². The number of likely N-dealkylation sites (N-methyl/N-ethyl adjacent to an activating group) is 1. The lowest BCUT2D eigenvalue weighted by atomic mass is 10.3. The SMILES string of the molecule is CCCc1nnc(SCC(=O)O)n1CC(=O)NC. The fraction of sp³-hybridized carbons (Fsp3) is 0.600. The molecular formula is C10H16N4O3S. The normalized spacial score (nSPS) is 10.3. The van der Waals surface area contributed by atoms with Crippen molar-refractivity contribution in [3.63, 3.8) is 0 Å². The molecule has 0 unspecified atom stereocenters. The van der Waals surface area contributed by atoms with Gasteiger partial charge in [0, 0.05) is 13.5 Å². The van der Waals surface area contributed by atoms with Crippen molar-refractivity contribution in [1.82, 2.24) is 20.1 Å². The average Bonchev–Trinajstić information content (AvgIpc) is 2.70. The molecule has 0 aliphatic carbocycles. The molecule has 18 heavy (non-hydrogen) atoms. The zero-order valence-corrected chi connectivity index (χ0v) is 11.2. The number of carbonyl (C=O) groups excluding carboxylic acids is 1. The van der Waals surface area contributed by atoms with E-state index in [0.29, 0.717) is 17.4 Å². The first kappa shape index (κ1) is 14.5. The number of carboxylic acids is 1. The Hall–Kier alpha value is -1.57. The number of nitrogens with zero attached hydrogens (tertiary/aromatic N) is 3. The highest BCUT2D eigenvalue weighted by molar-refractivity contribution is 7.99. The van der Waals surface area contributed by atoms with E-state index in [9.17, 15) is 9.59 Å². The monoisotopic (exact) mass is 272 g/mol. The Kier molecular flexibility index (Phi) is 5.63. The maximum Gasteiger partial charge on any atom is 0.313 e. The van der Waals surface area contributed by atoms with Crippen LogP contribution in [0.3, 0.4) is 0 Å². The molecule has 0 aliphatic rings. The Balaban J connectivity index is 2.87. The molecular weight excluding hydrogens is 256 g/mol. The number of aromatic nitrogens is 3. The van der Waals surface area contributed by atoms with E-state index in [1.165, 1.54) is 0 Å². The summed E-state index contributed by atoms with van der Waals surface area (Å²) in [5.74, 6) is -0.484. The standard InChI is InChI=1S/C10H16N4O3S/c1-3-4-7-12-13-10(18-6-9(16)17)14(7)5-8(15)11-2/h3-6H2,1-2H3,(H,11,15)(H,16,17). The molecule has 0 radical (unpaired) electrons. The molecule has 0 saturated heterocycles. The summed E-state index contributed by atoms with van der Waals surface area (Å²) in [7, 11) is 1.55. The van der Waals surface area contributed by atoms with Gasteiger partial charge in [0.1, 0.15) is 12.4 Å². The molecule has 8 heteroatoms. The van der Waals surface area contributed by atoms with E-state index in [-0.39, 0.29) is 18.2 Å². The topological polar surface area (TPSA) is 97.1 Å². The van der Waals surface area contributed by atoms with Crippen molar-refractivity contribution < 1.29 is 14.7 Å². The van der Waals surface area contributed by atoms with Gasteiger partial charge in [-0.05, 0) is 6.42 Å². The Bertz CT molecular complexity index is 433. The second-order valence-corrected chi connectivity index (χ2v) is 4.53. The number of rotatable bonds is 7. The first-order valence-corrected chi connectivity index (χ1v) is 6.54. The first-order valence-electron chi connectivity index (χ1n) is 5.55. The zero-order chi connectivity index (χ0) is 13.5. The molecule has 0 aliphatic heterocycles. The third-order valence-electron chi connectivity index (χ3n) is 2.17. The lowest BCUT2D eigenvalue weighted by Gasteiger charge is -2.07. The maximum absolute atomic E-state index is 11.4. The molecule has 1 rings (SSSR count). The molecule has 0 aromatic carbocycles. The number of aryl methyl sites for hydroxylation is 1. The van der Waals surface area contributed by atoms with Crippen LogP contribution in [0, 0.1) is 0 Å². The Morgan fingerprint density at radius 2 is 2.17 bits per heavy atom. The summed E-state index contributed by atoms with van der Waals surface area (Å²) < 4.78 is 1.66. The van der Waals surface area contributed by atoms with Crippen molar-refractivity contribution >= 4 is 23.6 Å². The molecule has 1 amide bonds. The highest BCUT2D eigenvalue weighted by atomic mass is 32.2. The molecule has 1 aromatic rings. The third-order valence-corrected chi connectivity index (χ3v) is 3.12. The summed E-state index contributed by atoms with van der Waals surface area (Å²) in [6, 6.07) is 0. The van der Waals surface area contributed by atoms with Gasteiger partial charge in [-0.1, -0.05) is 18.7 Å². The minimum absolute atomic E-state index is 0.0992. The lowest BCUT2D eigenvalue weighted by Crippen LogP contribution is -2.25. The predicted molar refractivity (Wildman–Crippen MR) is 66.4 cm³/mol. The van der Waals surface area contributed by atoms with Crippen molar-refractivity contribution in [2.75, 3.05) is 12.8 Å². The maximum atomic E-state index is 11.4. The molecule has 0 atom stereocenters. The number of nitrogens with one attached hydrogen (secondary N) is 1. The van der Waals surface area contributed by atoms with Crippen molar-refractivity contribution in [3.8, 4) is 0 Å². The fourth-order valence-electron chi connectivity index (χ4n) is 1.34. The van der Waals surface area contributed by atoms with Gasteiger partial charge >= 0.3 is 5.97 Å². The predicted octanol–water partition coefficient (Wildman–Crippen LogP) is 0.153. The molecule has 1 aromatic heterocycles. The smallest absolute Gasteiger partial charge is 0.313 e. The van der Waals surface area contributed by atoms with E-state index in [2.05, 4.69) is 15.5 Å². The number of hydrogen-bond acceptors (Lipinski definition) is 5. The molecule has 0 fully saturated rings. The average molecular weight is 272 g/mol. The van der Waals surface area contributed by atoms with Gasteiger partial charge in [0.2, 0.25) is 5.91 Å². The highest BCUT2D eigenvalue weighted by Crippen LogP contribution is 2.17. The highest BCUT2D eigenvalue weighted by Gasteiger charge is 2.15. The zero-order valence-electron chi connectivity index (χ0n) is 10.3. The molecule has 0 bridgehead atoms. The van der Waals surface area contributed by atoms with Gasteiger partial charge < -0.3 is 10.4 Å². The minimum Gasteiger partial charge on any atom is -0.481 e. The van der Waals surface area contributed by atoms with E-state index in [0.717, 1.165) is 18.2 Å². The molecule has 100 valence electrons. The van der Waals surface area contributed by atoms with Crippen LogP contribution in [-0.4, -0.2) is 44.5 Å². The van der Waals surface area contributed by atoms with Crippen LogP contribution in [0.25, 0.3) is 0 Å². The van der Waals surface area contributed by atoms with E-state index in [1.54, 1.807) is 11.6 Å². The van der Waals surface area contributed by atoms with Gasteiger partial charge in [0.05, 0.1) is 5.75 Å². The molecule has 2 N–H and O–H groups in total. The first-order chi connectivity index (χ1) is 8.58. The largest absolute Gasteiger partial charge is 0.481 e. The van der Waals surface area contributed by atoms with Gasteiger partial charge in [0.25, 0.3) is 0 Å². The summed E-state index contributed by atoms with van der Waals surface area (Å²) in [6.07, 6.45) is 1.59.